The Kier molecular flexibility index (Phi) is 4.06. The summed E-state index contributed by atoms with van der Waals surface area (Å²) >= 11 is 0. The van der Waals surface area contributed by atoms with Crippen molar-refractivity contribution in [3.05, 3.63) is 51.8 Å². The molecule has 2 aromatic rings. The summed E-state index contributed by atoms with van der Waals surface area (Å²) < 4.78 is 35.2. The summed E-state index contributed by atoms with van der Waals surface area (Å²) in [5, 5.41) is 4.43. The van der Waals surface area contributed by atoms with Crippen LogP contribution < -0.4 is 0 Å². The number of hydrogen-bond donors (Lipinski definition) is 0. The lowest BCUT2D eigenvalue weighted by Gasteiger charge is -2.30. The summed E-state index contributed by atoms with van der Waals surface area (Å²) in [6, 6.07) is 2.74. The van der Waals surface area contributed by atoms with Crippen LogP contribution in [0.3, 0.4) is 0 Å². The monoisotopic (exact) mass is 361 g/mol. The smallest absolute Gasteiger partial charge is 0.274 e. The van der Waals surface area contributed by atoms with Crippen molar-refractivity contribution in [3.63, 3.8) is 0 Å². The van der Waals surface area contributed by atoms with E-state index < -0.39 is 11.6 Å². The molecule has 1 aromatic carbocycles. The Morgan fingerprint density at radius 1 is 1.27 bits per heavy atom. The number of hydrogen-bond acceptors (Lipinski definition) is 3. The maximum Gasteiger partial charge on any atom is 0.274 e. The molecule has 0 fully saturated rings. The maximum absolute atomic E-state index is 14.2. The highest BCUT2D eigenvalue weighted by molar-refractivity contribution is 5.94. The second-order valence-electron chi connectivity index (χ2n) is 7.10. The molecule has 2 atom stereocenters. The van der Waals surface area contributed by atoms with Crippen LogP contribution in [0.2, 0.25) is 0 Å². The summed E-state index contributed by atoms with van der Waals surface area (Å²) in [5.41, 5.74) is 3.21. The third-order valence-electron chi connectivity index (χ3n) is 5.29. The van der Waals surface area contributed by atoms with Crippen molar-refractivity contribution in [2.24, 2.45) is 7.05 Å². The van der Waals surface area contributed by atoms with Crippen LogP contribution >= 0.6 is 0 Å². The van der Waals surface area contributed by atoms with E-state index in [1.54, 1.807) is 22.7 Å². The van der Waals surface area contributed by atoms with Crippen LogP contribution in [0.5, 0.6) is 0 Å². The Labute approximate surface area is 150 Å². The van der Waals surface area contributed by atoms with Crippen molar-refractivity contribution >= 4 is 5.91 Å². The van der Waals surface area contributed by atoms with E-state index in [1.807, 2.05) is 13.8 Å². The van der Waals surface area contributed by atoms with E-state index in [0.717, 1.165) is 22.9 Å². The molecular weight excluding hydrogens is 340 g/mol. The zero-order valence-corrected chi connectivity index (χ0v) is 15.1. The van der Waals surface area contributed by atoms with Crippen LogP contribution in [0, 0.1) is 11.6 Å². The minimum absolute atomic E-state index is 0.00173. The van der Waals surface area contributed by atoms with E-state index >= 15 is 0 Å². The SMILES string of the molecule is C[C@@H]1Cc2c(C(=O)N3CCc4ccc(F)c(F)c4C3)nn(C)c2[C@H](C)O1. The number of ether oxygens (including phenoxy) is 1. The number of aromatic nitrogens is 2. The van der Waals surface area contributed by atoms with Crippen molar-refractivity contribution in [3.8, 4) is 0 Å². The molecule has 5 nitrogen and oxygen atoms in total. The van der Waals surface area contributed by atoms with Crippen LogP contribution in [0.15, 0.2) is 12.1 Å². The molecule has 2 aliphatic heterocycles. The predicted octanol–water partition coefficient (Wildman–Crippen LogP) is 2.92. The van der Waals surface area contributed by atoms with Gasteiger partial charge in [0.05, 0.1) is 17.9 Å². The predicted molar refractivity (Wildman–Crippen MR) is 90.7 cm³/mol. The Morgan fingerprint density at radius 3 is 2.81 bits per heavy atom. The average molecular weight is 361 g/mol. The van der Waals surface area contributed by atoms with Crippen molar-refractivity contribution in [2.45, 2.75) is 45.4 Å². The lowest BCUT2D eigenvalue weighted by atomic mass is 9.96. The number of benzene rings is 1. The summed E-state index contributed by atoms with van der Waals surface area (Å²) in [6.07, 6.45) is 0.980. The van der Waals surface area contributed by atoms with Gasteiger partial charge in [-0.1, -0.05) is 6.07 Å². The van der Waals surface area contributed by atoms with Gasteiger partial charge in [-0.3, -0.25) is 9.48 Å². The zero-order valence-electron chi connectivity index (χ0n) is 15.1. The Morgan fingerprint density at radius 2 is 2.04 bits per heavy atom. The summed E-state index contributed by atoms with van der Waals surface area (Å²) in [7, 11) is 1.80. The molecule has 0 N–H and O–H groups in total. The fourth-order valence-corrected chi connectivity index (χ4v) is 4.10. The summed E-state index contributed by atoms with van der Waals surface area (Å²) in [4.78, 5) is 14.7. The van der Waals surface area contributed by atoms with Gasteiger partial charge in [0, 0.05) is 37.7 Å². The van der Waals surface area contributed by atoms with Gasteiger partial charge >= 0.3 is 0 Å². The first-order valence-electron chi connectivity index (χ1n) is 8.83. The molecule has 4 rings (SSSR count). The first kappa shape index (κ1) is 17.1. The normalized spacial score (nSPS) is 22.1. The fraction of sp³-hybridized carbons (Fsp3) is 0.474. The van der Waals surface area contributed by atoms with Crippen LogP contribution in [0.1, 0.15) is 52.8 Å². The van der Waals surface area contributed by atoms with Crippen LogP contribution in [0.25, 0.3) is 0 Å². The van der Waals surface area contributed by atoms with Gasteiger partial charge < -0.3 is 9.64 Å². The molecule has 0 bridgehead atoms. The Hall–Kier alpha value is -2.28. The van der Waals surface area contributed by atoms with Gasteiger partial charge in [0.15, 0.2) is 17.3 Å². The number of nitrogens with zero attached hydrogens (tertiary/aromatic N) is 3. The fourth-order valence-electron chi connectivity index (χ4n) is 4.10. The van der Waals surface area contributed by atoms with E-state index in [2.05, 4.69) is 5.10 Å². The van der Waals surface area contributed by atoms with Gasteiger partial charge in [0.2, 0.25) is 0 Å². The van der Waals surface area contributed by atoms with E-state index in [1.165, 1.54) is 0 Å². The van der Waals surface area contributed by atoms with Gasteiger partial charge in [0.25, 0.3) is 5.91 Å². The van der Waals surface area contributed by atoms with Gasteiger partial charge in [-0.05, 0) is 31.9 Å². The van der Waals surface area contributed by atoms with Crippen molar-refractivity contribution in [2.75, 3.05) is 6.54 Å². The highest BCUT2D eigenvalue weighted by Crippen LogP contribution is 2.33. The van der Waals surface area contributed by atoms with E-state index in [9.17, 15) is 13.6 Å². The summed E-state index contributed by atoms with van der Waals surface area (Å²) in [5.74, 6) is -1.98. The maximum atomic E-state index is 14.2. The summed E-state index contributed by atoms with van der Waals surface area (Å²) in [6.45, 7) is 4.43. The number of amides is 1. The molecule has 0 radical (unpaired) electrons. The third-order valence-corrected chi connectivity index (χ3v) is 5.29. The second kappa shape index (κ2) is 6.16. The molecule has 0 spiro atoms. The molecule has 138 valence electrons. The van der Waals surface area contributed by atoms with Gasteiger partial charge in [-0.15, -0.1) is 0 Å². The molecule has 2 aliphatic rings. The highest BCUT2D eigenvalue weighted by atomic mass is 19.2. The first-order chi connectivity index (χ1) is 12.4. The quantitative estimate of drug-likeness (QED) is 0.785. The zero-order chi connectivity index (χ0) is 18.6. The topological polar surface area (TPSA) is 47.4 Å². The van der Waals surface area contributed by atoms with E-state index in [4.69, 9.17) is 4.74 Å². The number of aryl methyl sites for hydroxylation is 1. The minimum Gasteiger partial charge on any atom is -0.369 e. The average Bonchev–Trinajstić information content (AvgIpc) is 2.94. The second-order valence-corrected chi connectivity index (χ2v) is 7.10. The first-order valence-corrected chi connectivity index (χ1v) is 8.83. The molecule has 1 amide bonds. The van der Waals surface area contributed by atoms with Crippen molar-refractivity contribution in [1.29, 1.82) is 0 Å². The lowest BCUT2D eigenvalue weighted by molar-refractivity contribution is -0.00907. The highest BCUT2D eigenvalue weighted by Gasteiger charge is 2.34. The van der Waals surface area contributed by atoms with Crippen molar-refractivity contribution in [1.82, 2.24) is 14.7 Å². The minimum atomic E-state index is -0.881. The van der Waals surface area contributed by atoms with Crippen LogP contribution in [0.4, 0.5) is 8.78 Å². The molecule has 0 unspecified atom stereocenters. The van der Waals surface area contributed by atoms with Crippen LogP contribution in [-0.2, 0) is 31.2 Å². The molecule has 3 heterocycles. The molecule has 7 heteroatoms. The number of rotatable bonds is 1. The number of fused-ring (bicyclic) bond motifs is 2. The van der Waals surface area contributed by atoms with Gasteiger partial charge in [-0.2, -0.15) is 5.10 Å². The molecule has 26 heavy (non-hydrogen) atoms. The standard InChI is InChI=1S/C19H21F2N3O2/c1-10-8-13-17(22-23(3)18(13)11(2)26-10)19(25)24-7-6-12-4-5-15(20)16(21)14(12)9-24/h4-5,10-11H,6-9H2,1-3H3/t10-,11+/m1/s1. The molecule has 0 saturated carbocycles. The lowest BCUT2D eigenvalue weighted by Crippen LogP contribution is -2.37. The number of carbonyl (C=O) groups is 1. The van der Waals surface area contributed by atoms with Crippen molar-refractivity contribution < 1.29 is 18.3 Å². The number of halogens is 2. The molecule has 0 saturated heterocycles. The van der Waals surface area contributed by atoms with E-state index in [0.29, 0.717) is 25.1 Å². The van der Waals surface area contributed by atoms with Crippen LogP contribution in [-0.4, -0.2) is 33.2 Å². The van der Waals surface area contributed by atoms with Gasteiger partial charge in [0.1, 0.15) is 0 Å². The van der Waals surface area contributed by atoms with E-state index in [-0.39, 0.29) is 30.2 Å². The molecule has 0 aliphatic carbocycles. The number of carbonyl (C=O) groups excluding carboxylic acids is 1. The molecule has 1 aromatic heterocycles. The third kappa shape index (κ3) is 2.61. The van der Waals surface area contributed by atoms with Gasteiger partial charge in [-0.25, -0.2) is 8.78 Å². The Bertz CT molecular complexity index is 893. The largest absolute Gasteiger partial charge is 0.369 e. The molecular formula is C19H21F2N3O2. The Balaban J connectivity index is 1.68.